The summed E-state index contributed by atoms with van der Waals surface area (Å²) in [6.07, 6.45) is 2.33. The van der Waals surface area contributed by atoms with Gasteiger partial charge in [-0.25, -0.2) is 0 Å². The number of rotatable bonds is 7. The third-order valence-corrected chi connectivity index (χ3v) is 5.96. The molecule has 2 aliphatic heterocycles. The number of hydrogen-bond donors (Lipinski definition) is 1. The van der Waals surface area contributed by atoms with Crippen LogP contribution in [0, 0.1) is 5.92 Å². The van der Waals surface area contributed by atoms with E-state index in [1.807, 2.05) is 19.2 Å². The average molecular weight is 389 g/mol. The van der Waals surface area contributed by atoms with Crippen molar-refractivity contribution in [3.63, 3.8) is 0 Å². The van der Waals surface area contributed by atoms with Crippen LogP contribution in [0.25, 0.3) is 0 Å². The standard InChI is InChI=1S/C22H36N4O2/c1-18(20-4-6-21(27-3)7-5-20)8-10-24-22(23-2)26-11-9-19(17-26)16-25-12-14-28-15-13-25/h4-7,18-19H,8-17H2,1-3H3,(H,23,24). The van der Waals surface area contributed by atoms with Crippen molar-refractivity contribution < 1.29 is 9.47 Å². The van der Waals surface area contributed by atoms with Gasteiger partial charge in [-0.3, -0.25) is 9.89 Å². The van der Waals surface area contributed by atoms with Crippen LogP contribution in [0.2, 0.25) is 0 Å². The second kappa shape index (κ2) is 10.7. The van der Waals surface area contributed by atoms with E-state index in [9.17, 15) is 0 Å². The van der Waals surface area contributed by atoms with Gasteiger partial charge in [-0.05, 0) is 42.4 Å². The summed E-state index contributed by atoms with van der Waals surface area (Å²) in [5.41, 5.74) is 1.35. The number of ether oxygens (including phenoxy) is 2. The number of nitrogens with one attached hydrogen (secondary N) is 1. The van der Waals surface area contributed by atoms with Crippen LogP contribution in [0.5, 0.6) is 5.75 Å². The summed E-state index contributed by atoms with van der Waals surface area (Å²) in [6, 6.07) is 8.40. The van der Waals surface area contributed by atoms with Crippen LogP contribution in [-0.4, -0.2) is 82.4 Å². The molecule has 2 atom stereocenters. The van der Waals surface area contributed by atoms with E-state index in [0.717, 1.165) is 70.0 Å². The van der Waals surface area contributed by atoms with E-state index < -0.39 is 0 Å². The largest absolute Gasteiger partial charge is 0.497 e. The summed E-state index contributed by atoms with van der Waals surface area (Å²) < 4.78 is 10.7. The predicted octanol–water partition coefficient (Wildman–Crippen LogP) is 2.42. The Morgan fingerprint density at radius 1 is 1.25 bits per heavy atom. The van der Waals surface area contributed by atoms with Crippen LogP contribution in [0.15, 0.2) is 29.3 Å². The van der Waals surface area contributed by atoms with E-state index in [1.165, 1.54) is 18.5 Å². The van der Waals surface area contributed by atoms with Gasteiger partial charge in [0.1, 0.15) is 5.75 Å². The van der Waals surface area contributed by atoms with E-state index in [4.69, 9.17) is 9.47 Å². The molecule has 0 spiro atoms. The maximum absolute atomic E-state index is 5.46. The Hall–Kier alpha value is -1.79. The van der Waals surface area contributed by atoms with Gasteiger partial charge in [0.05, 0.1) is 20.3 Å². The maximum atomic E-state index is 5.46. The number of aliphatic imine (C=N–C) groups is 1. The van der Waals surface area contributed by atoms with Gasteiger partial charge in [0.25, 0.3) is 0 Å². The van der Waals surface area contributed by atoms with E-state index in [2.05, 4.69) is 39.2 Å². The highest BCUT2D eigenvalue weighted by Crippen LogP contribution is 2.22. The molecule has 2 heterocycles. The minimum Gasteiger partial charge on any atom is -0.497 e. The molecule has 0 aliphatic carbocycles. The summed E-state index contributed by atoms with van der Waals surface area (Å²) in [5.74, 6) is 3.19. The molecule has 0 amide bonds. The number of nitrogens with zero attached hydrogens (tertiary/aromatic N) is 3. The number of morpholine rings is 1. The van der Waals surface area contributed by atoms with Gasteiger partial charge in [-0.2, -0.15) is 0 Å². The zero-order valence-corrected chi connectivity index (χ0v) is 17.7. The molecule has 6 heteroatoms. The molecule has 156 valence electrons. The topological polar surface area (TPSA) is 49.3 Å². The highest BCUT2D eigenvalue weighted by molar-refractivity contribution is 5.80. The summed E-state index contributed by atoms with van der Waals surface area (Å²) in [6.45, 7) is 10.5. The molecule has 2 aliphatic rings. The first-order chi connectivity index (χ1) is 13.7. The molecule has 2 saturated heterocycles. The van der Waals surface area contributed by atoms with Crippen molar-refractivity contribution in [2.75, 3.05) is 66.6 Å². The van der Waals surface area contributed by atoms with Gasteiger partial charge < -0.3 is 19.7 Å². The molecule has 3 rings (SSSR count). The molecule has 1 N–H and O–H groups in total. The van der Waals surface area contributed by atoms with Gasteiger partial charge in [-0.1, -0.05) is 19.1 Å². The minimum atomic E-state index is 0.504. The SMILES string of the molecule is CN=C(NCCC(C)c1ccc(OC)cc1)N1CCC(CN2CCOCC2)C1. The van der Waals surface area contributed by atoms with E-state index in [1.54, 1.807) is 7.11 Å². The molecule has 1 aromatic carbocycles. The van der Waals surface area contributed by atoms with Gasteiger partial charge >= 0.3 is 0 Å². The van der Waals surface area contributed by atoms with Gasteiger partial charge in [-0.15, -0.1) is 0 Å². The van der Waals surface area contributed by atoms with E-state index >= 15 is 0 Å². The lowest BCUT2D eigenvalue weighted by Gasteiger charge is -2.29. The van der Waals surface area contributed by atoms with Gasteiger partial charge in [0.15, 0.2) is 5.96 Å². The number of hydrogen-bond acceptors (Lipinski definition) is 4. The van der Waals surface area contributed by atoms with Crippen molar-refractivity contribution in [3.05, 3.63) is 29.8 Å². The summed E-state index contributed by atoms with van der Waals surface area (Å²) in [5, 5.41) is 3.58. The lowest BCUT2D eigenvalue weighted by atomic mass is 9.98. The Morgan fingerprint density at radius 3 is 2.68 bits per heavy atom. The van der Waals surface area contributed by atoms with Crippen molar-refractivity contribution in [3.8, 4) is 5.75 Å². The van der Waals surface area contributed by atoms with E-state index in [0.29, 0.717) is 5.92 Å². The normalized spacial score (nSPS) is 22.3. The van der Waals surface area contributed by atoms with Crippen LogP contribution < -0.4 is 10.1 Å². The molecule has 0 bridgehead atoms. The fraction of sp³-hybridized carbons (Fsp3) is 0.682. The number of methoxy groups -OCH3 is 1. The van der Waals surface area contributed by atoms with Crippen molar-refractivity contribution in [1.82, 2.24) is 15.1 Å². The fourth-order valence-corrected chi connectivity index (χ4v) is 4.15. The first kappa shape index (κ1) is 20.9. The van der Waals surface area contributed by atoms with Crippen LogP contribution in [-0.2, 0) is 4.74 Å². The Kier molecular flexibility index (Phi) is 7.98. The first-order valence-electron chi connectivity index (χ1n) is 10.6. The predicted molar refractivity (Wildman–Crippen MR) is 114 cm³/mol. The Morgan fingerprint density at radius 2 is 2.00 bits per heavy atom. The smallest absolute Gasteiger partial charge is 0.193 e. The second-order valence-corrected chi connectivity index (χ2v) is 7.95. The first-order valence-corrected chi connectivity index (χ1v) is 10.6. The van der Waals surface area contributed by atoms with Crippen molar-refractivity contribution >= 4 is 5.96 Å². The van der Waals surface area contributed by atoms with Gasteiger partial charge in [0.2, 0.25) is 0 Å². The zero-order chi connectivity index (χ0) is 19.8. The highest BCUT2D eigenvalue weighted by atomic mass is 16.5. The van der Waals surface area contributed by atoms with E-state index in [-0.39, 0.29) is 0 Å². The fourth-order valence-electron chi connectivity index (χ4n) is 4.15. The minimum absolute atomic E-state index is 0.504. The summed E-state index contributed by atoms with van der Waals surface area (Å²) >= 11 is 0. The molecule has 0 aromatic heterocycles. The molecule has 2 fully saturated rings. The molecule has 2 unspecified atom stereocenters. The lowest BCUT2D eigenvalue weighted by molar-refractivity contribution is 0.0315. The van der Waals surface area contributed by atoms with Crippen LogP contribution in [0.1, 0.15) is 31.2 Å². The van der Waals surface area contributed by atoms with Crippen LogP contribution >= 0.6 is 0 Å². The average Bonchev–Trinajstić information content (AvgIpc) is 3.20. The second-order valence-electron chi connectivity index (χ2n) is 7.95. The number of benzene rings is 1. The molecular weight excluding hydrogens is 352 g/mol. The molecule has 28 heavy (non-hydrogen) atoms. The number of likely N-dealkylation sites (tertiary alicyclic amines) is 1. The molecule has 6 nitrogen and oxygen atoms in total. The third kappa shape index (κ3) is 5.85. The Balaban J connectivity index is 1.40. The molecular formula is C22H36N4O2. The van der Waals surface area contributed by atoms with Crippen molar-refractivity contribution in [2.45, 2.75) is 25.7 Å². The Labute approximate surface area is 169 Å². The van der Waals surface area contributed by atoms with Crippen LogP contribution in [0.3, 0.4) is 0 Å². The Bertz CT molecular complexity index is 613. The van der Waals surface area contributed by atoms with Crippen LogP contribution in [0.4, 0.5) is 0 Å². The highest BCUT2D eigenvalue weighted by Gasteiger charge is 2.27. The zero-order valence-electron chi connectivity index (χ0n) is 17.7. The molecule has 0 radical (unpaired) electrons. The molecule has 1 aromatic rings. The maximum Gasteiger partial charge on any atom is 0.193 e. The lowest BCUT2D eigenvalue weighted by Crippen LogP contribution is -2.42. The third-order valence-electron chi connectivity index (χ3n) is 5.96. The number of guanidine groups is 1. The van der Waals surface area contributed by atoms with Crippen molar-refractivity contribution in [2.24, 2.45) is 10.9 Å². The summed E-state index contributed by atoms with van der Waals surface area (Å²) in [7, 11) is 3.60. The quantitative estimate of drug-likeness (QED) is 0.574. The van der Waals surface area contributed by atoms with Crippen molar-refractivity contribution in [1.29, 1.82) is 0 Å². The monoisotopic (exact) mass is 388 g/mol. The van der Waals surface area contributed by atoms with Gasteiger partial charge in [0, 0.05) is 46.3 Å². The summed E-state index contributed by atoms with van der Waals surface area (Å²) in [4.78, 5) is 9.49. The molecule has 0 saturated carbocycles.